The van der Waals surface area contributed by atoms with E-state index in [9.17, 15) is 4.79 Å². The molecule has 1 atom stereocenters. The standard InChI is InChI=1S/C25H33N3O3S/c1-5-7-14-25(6-2)18-28(19-11-9-8-10-12-19)21-16-20(27(3)4)22(17-23(21)32-26-25)31-15-13-24(29)30/h8-13,15-17,26H,5-7,14,18H2,1-4H3,(H,29,30)/b15-13+. The summed E-state index contributed by atoms with van der Waals surface area (Å²) in [5.74, 6) is -0.424. The van der Waals surface area contributed by atoms with E-state index in [-0.39, 0.29) is 5.54 Å². The van der Waals surface area contributed by atoms with E-state index in [1.807, 2.05) is 31.1 Å². The average Bonchev–Trinajstić information content (AvgIpc) is 2.95. The van der Waals surface area contributed by atoms with Crippen LogP contribution in [-0.4, -0.2) is 37.3 Å². The molecule has 0 saturated carbocycles. The van der Waals surface area contributed by atoms with Gasteiger partial charge in [-0.3, -0.25) is 4.72 Å². The summed E-state index contributed by atoms with van der Waals surface area (Å²) in [6.07, 6.45) is 6.65. The Bertz CT molecular complexity index is 949. The van der Waals surface area contributed by atoms with Crippen LogP contribution in [0, 0.1) is 0 Å². The predicted molar refractivity (Wildman–Crippen MR) is 133 cm³/mol. The molecule has 6 nitrogen and oxygen atoms in total. The van der Waals surface area contributed by atoms with Gasteiger partial charge in [0.15, 0.2) is 5.75 Å². The van der Waals surface area contributed by atoms with Crippen molar-refractivity contribution >= 4 is 35.0 Å². The van der Waals surface area contributed by atoms with E-state index < -0.39 is 5.97 Å². The second-order valence-corrected chi connectivity index (χ2v) is 9.15. The molecule has 0 aliphatic carbocycles. The monoisotopic (exact) mass is 455 g/mol. The van der Waals surface area contributed by atoms with Crippen molar-refractivity contribution < 1.29 is 14.6 Å². The van der Waals surface area contributed by atoms with E-state index in [0.717, 1.165) is 60.3 Å². The van der Waals surface area contributed by atoms with Gasteiger partial charge in [0, 0.05) is 31.9 Å². The molecule has 32 heavy (non-hydrogen) atoms. The number of carboxylic acids is 1. The van der Waals surface area contributed by atoms with Crippen molar-refractivity contribution in [2.24, 2.45) is 0 Å². The molecule has 3 rings (SSSR count). The van der Waals surface area contributed by atoms with Crippen LogP contribution < -0.4 is 19.3 Å². The minimum atomic E-state index is -1.04. The van der Waals surface area contributed by atoms with Gasteiger partial charge in [-0.1, -0.05) is 44.9 Å². The molecule has 0 spiro atoms. The first kappa shape index (κ1) is 24.0. The average molecular weight is 456 g/mol. The number of para-hydroxylation sites is 1. The number of anilines is 3. The predicted octanol–water partition coefficient (Wildman–Crippen LogP) is 5.82. The van der Waals surface area contributed by atoms with Crippen LogP contribution in [0.3, 0.4) is 0 Å². The number of aliphatic carboxylic acids is 1. The minimum absolute atomic E-state index is 0.0297. The van der Waals surface area contributed by atoms with E-state index in [1.165, 1.54) is 6.26 Å². The van der Waals surface area contributed by atoms with Gasteiger partial charge in [0.25, 0.3) is 0 Å². The van der Waals surface area contributed by atoms with Crippen LogP contribution in [0.25, 0.3) is 0 Å². The van der Waals surface area contributed by atoms with Crippen molar-refractivity contribution in [2.45, 2.75) is 50.0 Å². The van der Waals surface area contributed by atoms with Crippen LogP contribution in [0.4, 0.5) is 17.1 Å². The number of benzene rings is 2. The van der Waals surface area contributed by atoms with Crippen LogP contribution in [0.15, 0.2) is 59.7 Å². The number of nitrogens with one attached hydrogen (secondary N) is 1. The first-order chi connectivity index (χ1) is 15.4. The van der Waals surface area contributed by atoms with Gasteiger partial charge in [0.1, 0.15) is 0 Å². The van der Waals surface area contributed by atoms with Crippen molar-refractivity contribution in [3.05, 3.63) is 54.8 Å². The molecule has 1 unspecified atom stereocenters. The van der Waals surface area contributed by atoms with Crippen molar-refractivity contribution in [3.63, 3.8) is 0 Å². The Balaban J connectivity index is 2.11. The first-order valence-corrected chi connectivity index (χ1v) is 11.9. The molecule has 0 aromatic heterocycles. The van der Waals surface area contributed by atoms with Crippen LogP contribution >= 0.6 is 11.9 Å². The molecule has 2 N–H and O–H groups in total. The highest BCUT2D eigenvalue weighted by molar-refractivity contribution is 7.97. The number of unbranched alkanes of at least 4 members (excludes halogenated alkanes) is 1. The van der Waals surface area contributed by atoms with Crippen molar-refractivity contribution in [1.82, 2.24) is 4.72 Å². The maximum atomic E-state index is 10.9. The third kappa shape index (κ3) is 5.58. The van der Waals surface area contributed by atoms with Crippen LogP contribution in [0.2, 0.25) is 0 Å². The molecule has 7 heteroatoms. The third-order valence-electron chi connectivity index (χ3n) is 5.81. The Morgan fingerprint density at radius 2 is 2.03 bits per heavy atom. The van der Waals surface area contributed by atoms with Gasteiger partial charge in [-0.2, -0.15) is 0 Å². The lowest BCUT2D eigenvalue weighted by Crippen LogP contribution is -2.48. The molecule has 172 valence electrons. The second-order valence-electron chi connectivity index (χ2n) is 8.30. The lowest BCUT2D eigenvalue weighted by Gasteiger charge is -2.37. The summed E-state index contributed by atoms with van der Waals surface area (Å²) in [7, 11) is 3.92. The van der Waals surface area contributed by atoms with E-state index in [0.29, 0.717) is 5.75 Å². The summed E-state index contributed by atoms with van der Waals surface area (Å²) in [4.78, 5) is 16.3. The largest absolute Gasteiger partial charge is 0.478 e. The Labute approximate surface area is 195 Å². The highest BCUT2D eigenvalue weighted by Crippen LogP contribution is 2.45. The fraction of sp³-hybridized carbons (Fsp3) is 0.400. The van der Waals surface area contributed by atoms with Crippen molar-refractivity contribution in [3.8, 4) is 5.75 Å². The zero-order valence-corrected chi connectivity index (χ0v) is 20.1. The normalized spacial score (nSPS) is 18.3. The van der Waals surface area contributed by atoms with Gasteiger partial charge in [-0.15, -0.1) is 0 Å². The fourth-order valence-corrected chi connectivity index (χ4v) is 4.95. The van der Waals surface area contributed by atoms with Crippen LogP contribution in [0.5, 0.6) is 5.75 Å². The lowest BCUT2D eigenvalue weighted by atomic mass is 9.89. The molecule has 0 radical (unpaired) electrons. The number of carbonyl (C=O) groups is 1. The molecule has 2 aromatic carbocycles. The Morgan fingerprint density at radius 3 is 2.66 bits per heavy atom. The van der Waals surface area contributed by atoms with E-state index >= 15 is 0 Å². The van der Waals surface area contributed by atoms with Crippen LogP contribution in [0.1, 0.15) is 39.5 Å². The molecule has 0 amide bonds. The fourth-order valence-electron chi connectivity index (χ4n) is 3.87. The first-order valence-electron chi connectivity index (χ1n) is 11.1. The number of rotatable bonds is 9. The van der Waals surface area contributed by atoms with Crippen LogP contribution in [-0.2, 0) is 4.79 Å². The number of hydrogen-bond donors (Lipinski definition) is 2. The van der Waals surface area contributed by atoms with Crippen molar-refractivity contribution in [2.75, 3.05) is 30.4 Å². The highest BCUT2D eigenvalue weighted by atomic mass is 32.2. The zero-order chi connectivity index (χ0) is 23.1. The van der Waals surface area contributed by atoms with Gasteiger partial charge in [0.2, 0.25) is 0 Å². The Hall–Kier alpha value is -2.64. The van der Waals surface area contributed by atoms with Gasteiger partial charge in [-0.05, 0) is 49.1 Å². The summed E-state index contributed by atoms with van der Waals surface area (Å²) in [6.45, 7) is 5.34. The van der Waals surface area contributed by atoms with Gasteiger partial charge < -0.3 is 19.6 Å². The number of fused-ring (bicyclic) bond motifs is 1. The van der Waals surface area contributed by atoms with Gasteiger partial charge in [-0.25, -0.2) is 4.79 Å². The molecule has 0 saturated heterocycles. The summed E-state index contributed by atoms with van der Waals surface area (Å²) in [6, 6.07) is 14.6. The number of nitrogens with zero attached hydrogens (tertiary/aromatic N) is 2. The number of hydrogen-bond acceptors (Lipinski definition) is 6. The maximum Gasteiger partial charge on any atom is 0.331 e. The molecular weight excluding hydrogens is 422 g/mol. The lowest BCUT2D eigenvalue weighted by molar-refractivity contribution is -0.131. The zero-order valence-electron chi connectivity index (χ0n) is 19.3. The van der Waals surface area contributed by atoms with E-state index in [2.05, 4.69) is 53.8 Å². The molecule has 2 aromatic rings. The number of ether oxygens (including phenoxy) is 1. The summed E-state index contributed by atoms with van der Waals surface area (Å²) in [5, 5.41) is 8.92. The molecule has 0 bridgehead atoms. The third-order valence-corrected chi connectivity index (χ3v) is 6.89. The maximum absolute atomic E-state index is 10.9. The van der Waals surface area contributed by atoms with Gasteiger partial charge >= 0.3 is 5.97 Å². The van der Waals surface area contributed by atoms with E-state index in [1.54, 1.807) is 11.9 Å². The molecule has 0 fully saturated rings. The highest BCUT2D eigenvalue weighted by Gasteiger charge is 2.35. The Morgan fingerprint density at radius 1 is 1.28 bits per heavy atom. The molecular formula is C25H33N3O3S. The summed E-state index contributed by atoms with van der Waals surface area (Å²) >= 11 is 1.63. The minimum Gasteiger partial charge on any atom is -0.478 e. The van der Waals surface area contributed by atoms with E-state index in [4.69, 9.17) is 9.84 Å². The quantitative estimate of drug-likeness (QED) is 0.281. The molecule has 1 heterocycles. The SMILES string of the molecule is CCCCC1(CC)CN(c2ccccc2)c2cc(N(C)C)c(O/C=C/C(=O)O)cc2SN1. The second kappa shape index (κ2) is 10.8. The van der Waals surface area contributed by atoms with Gasteiger partial charge in [0.05, 0.1) is 28.6 Å². The topological polar surface area (TPSA) is 65.0 Å². The smallest absolute Gasteiger partial charge is 0.331 e. The molecule has 1 aliphatic heterocycles. The van der Waals surface area contributed by atoms with Crippen molar-refractivity contribution in [1.29, 1.82) is 0 Å². The molecule has 1 aliphatic rings. The number of carboxylic acid groups (broad SMARTS) is 1. The summed E-state index contributed by atoms with van der Waals surface area (Å²) in [5.41, 5.74) is 3.12. The Kier molecular flexibility index (Phi) is 8.10. The summed E-state index contributed by atoms with van der Waals surface area (Å²) < 4.78 is 9.52.